The fraction of sp³-hybridized carbons (Fsp3) is 0.304. The van der Waals surface area contributed by atoms with Crippen LogP contribution in [0.2, 0.25) is 0 Å². The Balaban J connectivity index is 1.71. The highest BCUT2D eigenvalue weighted by Crippen LogP contribution is 2.36. The van der Waals surface area contributed by atoms with Gasteiger partial charge in [-0.25, -0.2) is 4.68 Å². The number of methoxy groups -OCH3 is 1. The van der Waals surface area contributed by atoms with Crippen molar-refractivity contribution >= 4 is 17.2 Å². The molecule has 1 atom stereocenters. The number of rotatable bonds is 4. The maximum Gasteiger partial charge on any atom is 0.277 e. The molecular weight excluding hydrogens is 398 g/mol. The van der Waals surface area contributed by atoms with Crippen molar-refractivity contribution in [1.29, 1.82) is 0 Å². The number of pyridine rings is 1. The van der Waals surface area contributed by atoms with Gasteiger partial charge in [0.2, 0.25) is 0 Å². The van der Waals surface area contributed by atoms with Gasteiger partial charge in [-0.15, -0.1) is 11.3 Å². The van der Waals surface area contributed by atoms with Gasteiger partial charge in [0.05, 0.1) is 35.3 Å². The van der Waals surface area contributed by atoms with E-state index in [1.807, 2.05) is 46.7 Å². The molecule has 0 bridgehead atoms. The van der Waals surface area contributed by atoms with Crippen LogP contribution >= 0.6 is 11.3 Å². The zero-order valence-electron chi connectivity index (χ0n) is 16.8. The third-order valence-corrected chi connectivity index (χ3v) is 6.87. The molecule has 5 rings (SSSR count). The highest BCUT2D eigenvalue weighted by molar-refractivity contribution is 7.13. The molecule has 1 amide bonds. The number of aromatic nitrogens is 1. The van der Waals surface area contributed by atoms with Crippen LogP contribution in [0.15, 0.2) is 52.6 Å². The van der Waals surface area contributed by atoms with Crippen LogP contribution in [-0.2, 0) is 11.3 Å². The number of amides is 1. The van der Waals surface area contributed by atoms with Crippen LogP contribution in [0.25, 0.3) is 21.7 Å². The molecule has 3 aromatic rings. The number of carbonyl (C=O) groups is 1. The average Bonchev–Trinajstić information content (AvgIpc) is 3.44. The number of likely N-dealkylation sites (tertiary alicyclic amines) is 1. The molecule has 2 aliphatic heterocycles. The van der Waals surface area contributed by atoms with Gasteiger partial charge in [0.25, 0.3) is 11.5 Å². The maximum absolute atomic E-state index is 13.8. The minimum Gasteiger partial charge on any atom is -0.383 e. The van der Waals surface area contributed by atoms with E-state index in [0.717, 1.165) is 28.8 Å². The summed E-state index contributed by atoms with van der Waals surface area (Å²) in [6, 6.07) is 13.4. The van der Waals surface area contributed by atoms with Crippen LogP contribution in [0.1, 0.15) is 28.8 Å². The zero-order chi connectivity index (χ0) is 20.7. The van der Waals surface area contributed by atoms with E-state index in [1.54, 1.807) is 29.2 Å². The normalized spacial score (nSPS) is 17.4. The fourth-order valence-electron chi connectivity index (χ4n) is 4.45. The van der Waals surface area contributed by atoms with Crippen molar-refractivity contribution in [3.63, 3.8) is 0 Å². The number of nitrogens with one attached hydrogen (secondary N) is 1. The summed E-state index contributed by atoms with van der Waals surface area (Å²) >= 11 is 1.57. The molecule has 0 saturated carbocycles. The number of thiophene rings is 1. The van der Waals surface area contributed by atoms with Gasteiger partial charge in [0.15, 0.2) is 0 Å². The summed E-state index contributed by atoms with van der Waals surface area (Å²) in [6.45, 7) is 1.79. The highest BCUT2D eigenvalue weighted by Gasteiger charge is 2.34. The topological polar surface area (TPSA) is 63.6 Å². The van der Waals surface area contributed by atoms with Crippen molar-refractivity contribution in [2.45, 2.75) is 25.4 Å². The minimum atomic E-state index is -0.137. The van der Waals surface area contributed by atoms with E-state index in [9.17, 15) is 9.59 Å². The predicted molar refractivity (Wildman–Crippen MR) is 118 cm³/mol. The molecule has 0 aliphatic carbocycles. The monoisotopic (exact) mass is 421 g/mol. The minimum absolute atomic E-state index is 0.0430. The first-order chi connectivity index (χ1) is 14.7. The number of hydrogen-bond acceptors (Lipinski definition) is 5. The first-order valence-electron chi connectivity index (χ1n) is 10.1. The summed E-state index contributed by atoms with van der Waals surface area (Å²) in [6.07, 6.45) is 1.89. The van der Waals surface area contributed by atoms with Crippen LogP contribution in [0.3, 0.4) is 0 Å². The lowest BCUT2D eigenvalue weighted by atomic mass is 10.00. The molecule has 0 radical (unpaired) electrons. The number of nitrogens with zero attached hydrogens (tertiary/aromatic N) is 2. The van der Waals surface area contributed by atoms with Gasteiger partial charge in [-0.2, -0.15) is 0 Å². The molecule has 7 heteroatoms. The van der Waals surface area contributed by atoms with Crippen LogP contribution in [0.5, 0.6) is 0 Å². The molecule has 6 nitrogen and oxygen atoms in total. The molecule has 1 fully saturated rings. The van der Waals surface area contributed by atoms with Gasteiger partial charge in [-0.1, -0.05) is 30.3 Å². The predicted octanol–water partition coefficient (Wildman–Crippen LogP) is 3.55. The standard InChI is InChI=1S/C23H23N3O3S/c1-29-14-17-8-5-10-25(17)22(27)19-12-18(15-6-3-2-4-7-15)23(28)26-20(19)21-16(13-24-26)9-11-30-21/h2-4,6-7,9,11-12,17,24H,5,8,10,13-14H2,1H3/t17-/m1/s1. The van der Waals surface area contributed by atoms with Crippen LogP contribution in [-0.4, -0.2) is 41.8 Å². The van der Waals surface area contributed by atoms with Crippen LogP contribution in [0.4, 0.5) is 0 Å². The Hall–Kier alpha value is -2.90. The maximum atomic E-state index is 13.8. The lowest BCUT2D eigenvalue weighted by Crippen LogP contribution is -2.41. The molecule has 2 aromatic heterocycles. The molecule has 1 N–H and O–H groups in total. The lowest BCUT2D eigenvalue weighted by molar-refractivity contribution is 0.0630. The Morgan fingerprint density at radius 3 is 2.90 bits per heavy atom. The Kier molecular flexibility index (Phi) is 4.92. The van der Waals surface area contributed by atoms with E-state index in [1.165, 1.54) is 0 Å². The zero-order valence-corrected chi connectivity index (χ0v) is 17.6. The molecule has 1 aromatic carbocycles. The van der Waals surface area contributed by atoms with E-state index in [0.29, 0.717) is 36.5 Å². The Bertz CT molecular complexity index is 1150. The van der Waals surface area contributed by atoms with Gasteiger partial charge < -0.3 is 15.1 Å². The number of ether oxygens (including phenoxy) is 1. The van der Waals surface area contributed by atoms with Crippen molar-refractivity contribution < 1.29 is 9.53 Å². The second-order valence-electron chi connectivity index (χ2n) is 7.69. The smallest absolute Gasteiger partial charge is 0.277 e. The second kappa shape index (κ2) is 7.74. The Morgan fingerprint density at radius 1 is 1.27 bits per heavy atom. The van der Waals surface area contributed by atoms with Crippen molar-refractivity contribution in [3.8, 4) is 21.7 Å². The number of hydrogen-bond donors (Lipinski definition) is 1. The summed E-state index contributed by atoms with van der Waals surface area (Å²) in [5.41, 5.74) is 6.76. The van der Waals surface area contributed by atoms with Gasteiger partial charge in [0, 0.05) is 19.2 Å². The van der Waals surface area contributed by atoms with E-state index in [4.69, 9.17) is 4.74 Å². The van der Waals surface area contributed by atoms with E-state index >= 15 is 0 Å². The van der Waals surface area contributed by atoms with Gasteiger partial charge in [0.1, 0.15) is 0 Å². The van der Waals surface area contributed by atoms with Crippen molar-refractivity contribution in [2.75, 3.05) is 25.7 Å². The van der Waals surface area contributed by atoms with Gasteiger partial charge in [-0.05, 0) is 41.5 Å². The first kappa shape index (κ1) is 19.1. The molecule has 4 heterocycles. The number of benzene rings is 1. The van der Waals surface area contributed by atoms with E-state index in [-0.39, 0.29) is 17.5 Å². The largest absolute Gasteiger partial charge is 0.383 e. The first-order valence-corrected chi connectivity index (χ1v) is 11.0. The molecular formula is C23H23N3O3S. The van der Waals surface area contributed by atoms with Gasteiger partial charge >= 0.3 is 0 Å². The molecule has 154 valence electrons. The third kappa shape index (κ3) is 3.05. The van der Waals surface area contributed by atoms with Crippen LogP contribution in [0, 0.1) is 0 Å². The van der Waals surface area contributed by atoms with E-state index in [2.05, 4.69) is 5.43 Å². The highest BCUT2D eigenvalue weighted by atomic mass is 32.1. The van der Waals surface area contributed by atoms with Gasteiger partial charge in [-0.3, -0.25) is 9.59 Å². The van der Waals surface area contributed by atoms with Crippen molar-refractivity contribution in [1.82, 2.24) is 9.58 Å². The van der Waals surface area contributed by atoms with E-state index < -0.39 is 0 Å². The third-order valence-electron chi connectivity index (χ3n) is 5.90. The molecule has 0 unspecified atom stereocenters. The fourth-order valence-corrected chi connectivity index (χ4v) is 5.42. The molecule has 0 spiro atoms. The summed E-state index contributed by atoms with van der Waals surface area (Å²) in [7, 11) is 1.67. The number of carbonyl (C=O) groups excluding carboxylic acids is 1. The van der Waals surface area contributed by atoms with Crippen molar-refractivity contribution in [3.05, 3.63) is 69.3 Å². The molecule has 30 heavy (non-hydrogen) atoms. The van der Waals surface area contributed by atoms with Crippen LogP contribution < -0.4 is 11.0 Å². The SMILES string of the molecule is COC[C@H]1CCCN1C(=O)c1cc(-c2ccccc2)c(=O)n2c1-c1sccc1CN2. The molecule has 1 saturated heterocycles. The Labute approximate surface area is 178 Å². The van der Waals surface area contributed by atoms with Crippen molar-refractivity contribution in [2.24, 2.45) is 0 Å². The Morgan fingerprint density at radius 2 is 2.10 bits per heavy atom. The summed E-state index contributed by atoms with van der Waals surface area (Å²) in [4.78, 5) is 30.0. The summed E-state index contributed by atoms with van der Waals surface area (Å²) < 4.78 is 6.92. The average molecular weight is 422 g/mol. The number of fused-ring (bicyclic) bond motifs is 3. The second-order valence-corrected chi connectivity index (χ2v) is 8.60. The molecule has 2 aliphatic rings. The quantitative estimate of drug-likeness (QED) is 0.700. The summed E-state index contributed by atoms with van der Waals surface area (Å²) in [5, 5.41) is 2.01. The summed E-state index contributed by atoms with van der Waals surface area (Å²) in [5.74, 6) is -0.0430. The lowest BCUT2D eigenvalue weighted by Gasteiger charge is -2.28.